The molecule has 0 amide bonds. The van der Waals surface area contributed by atoms with Crippen LogP contribution in [-0.4, -0.2) is 17.6 Å². The maximum absolute atomic E-state index is 10.8. The predicted octanol–water partition coefficient (Wildman–Crippen LogP) is 1.37. The summed E-state index contributed by atoms with van der Waals surface area (Å²) >= 11 is 1.46. The first kappa shape index (κ1) is 9.75. The van der Waals surface area contributed by atoms with Crippen molar-refractivity contribution in [3.8, 4) is 11.8 Å². The number of ether oxygens (including phenoxy) is 1. The molecule has 1 aromatic heterocycles. The van der Waals surface area contributed by atoms with Gasteiger partial charge in [0.2, 0.25) is 0 Å². The van der Waals surface area contributed by atoms with Gasteiger partial charge in [-0.05, 0) is 19.8 Å². The third-order valence-electron chi connectivity index (χ3n) is 1.17. The Morgan fingerprint density at radius 1 is 1.77 bits per heavy atom. The topological polar surface area (TPSA) is 39.2 Å². The summed E-state index contributed by atoms with van der Waals surface area (Å²) in [5, 5.41) is 0.644. The zero-order valence-electron chi connectivity index (χ0n) is 7.46. The van der Waals surface area contributed by atoms with Gasteiger partial charge in [0.05, 0.1) is 6.61 Å². The van der Waals surface area contributed by atoms with Gasteiger partial charge in [-0.25, -0.2) is 9.78 Å². The molecule has 0 spiro atoms. The Morgan fingerprint density at radius 3 is 3.08 bits per heavy atom. The van der Waals surface area contributed by atoms with E-state index >= 15 is 0 Å². The number of carbonyl (C=O) groups excluding carboxylic acids is 1. The minimum atomic E-state index is -0.504. The smallest absolute Gasteiger partial charge is 0.384 e. The number of hydrogen-bond acceptors (Lipinski definition) is 4. The minimum Gasteiger partial charge on any atom is -0.456 e. The van der Waals surface area contributed by atoms with E-state index in [0.29, 0.717) is 11.6 Å². The summed E-state index contributed by atoms with van der Waals surface area (Å²) < 4.78 is 4.63. The highest BCUT2D eigenvalue weighted by atomic mass is 32.1. The van der Waals surface area contributed by atoms with Crippen molar-refractivity contribution in [2.45, 2.75) is 13.8 Å². The maximum atomic E-state index is 10.8. The van der Waals surface area contributed by atoms with E-state index in [4.69, 9.17) is 0 Å². The highest BCUT2D eigenvalue weighted by Gasteiger charge is 1.95. The number of carbonyl (C=O) groups is 1. The van der Waals surface area contributed by atoms with Crippen LogP contribution in [-0.2, 0) is 9.53 Å². The van der Waals surface area contributed by atoms with E-state index in [1.807, 2.05) is 6.92 Å². The first-order chi connectivity index (χ1) is 6.22. The number of hydrogen-bond donors (Lipinski definition) is 0. The lowest BCUT2D eigenvalue weighted by molar-refractivity contribution is -0.136. The molecule has 1 rings (SSSR count). The molecule has 0 saturated carbocycles. The van der Waals surface area contributed by atoms with E-state index < -0.39 is 5.97 Å². The molecule has 1 heterocycles. The average molecular weight is 195 g/mol. The molecule has 3 nitrogen and oxygen atoms in total. The second-order valence-electron chi connectivity index (χ2n) is 2.25. The standard InChI is InChI=1S/C9H9NO2S/c1-3-12-9(11)5-4-8-10-6-7(2)13-8/h6H,3H2,1-2H3. The Labute approximate surface area is 80.8 Å². The van der Waals surface area contributed by atoms with Gasteiger partial charge < -0.3 is 4.74 Å². The molecule has 0 aliphatic carbocycles. The summed E-state index contributed by atoms with van der Waals surface area (Å²) in [5.41, 5.74) is 0. The van der Waals surface area contributed by atoms with Crippen LogP contribution >= 0.6 is 11.3 Å². The van der Waals surface area contributed by atoms with E-state index in [9.17, 15) is 4.79 Å². The van der Waals surface area contributed by atoms with E-state index in [1.54, 1.807) is 13.1 Å². The molecule has 0 aliphatic rings. The van der Waals surface area contributed by atoms with E-state index in [0.717, 1.165) is 4.88 Å². The van der Waals surface area contributed by atoms with Gasteiger partial charge in [0.15, 0.2) is 5.01 Å². The fourth-order valence-corrected chi connectivity index (χ4v) is 1.30. The molecule has 0 radical (unpaired) electrons. The summed E-state index contributed by atoms with van der Waals surface area (Å²) in [6.07, 6.45) is 1.72. The van der Waals surface area contributed by atoms with Gasteiger partial charge in [-0.2, -0.15) is 0 Å². The molecule has 1 aromatic rings. The summed E-state index contributed by atoms with van der Waals surface area (Å²) in [6, 6.07) is 0. The van der Waals surface area contributed by atoms with Crippen molar-refractivity contribution >= 4 is 17.3 Å². The highest BCUT2D eigenvalue weighted by Crippen LogP contribution is 2.08. The van der Waals surface area contributed by atoms with Crippen molar-refractivity contribution in [1.82, 2.24) is 4.98 Å². The lowest BCUT2D eigenvalue weighted by Crippen LogP contribution is -1.99. The number of aromatic nitrogens is 1. The third-order valence-corrected chi connectivity index (χ3v) is 2.00. The molecule has 0 fully saturated rings. The fraction of sp³-hybridized carbons (Fsp3) is 0.333. The summed E-state index contributed by atoms with van der Waals surface area (Å²) in [7, 11) is 0. The van der Waals surface area contributed by atoms with Crippen LogP contribution < -0.4 is 0 Å². The van der Waals surface area contributed by atoms with Gasteiger partial charge in [0, 0.05) is 17.0 Å². The molecule has 0 N–H and O–H groups in total. The van der Waals surface area contributed by atoms with Gasteiger partial charge in [0.1, 0.15) is 0 Å². The molecule has 4 heteroatoms. The van der Waals surface area contributed by atoms with Gasteiger partial charge >= 0.3 is 5.97 Å². The fourth-order valence-electron chi connectivity index (χ4n) is 0.684. The van der Waals surface area contributed by atoms with Crippen LogP contribution in [0, 0.1) is 18.8 Å². The second kappa shape index (κ2) is 4.63. The van der Waals surface area contributed by atoms with Gasteiger partial charge in [-0.3, -0.25) is 0 Å². The lowest BCUT2D eigenvalue weighted by atomic mass is 10.6. The molecule has 0 saturated heterocycles. The van der Waals surface area contributed by atoms with Crippen LogP contribution in [0.3, 0.4) is 0 Å². The summed E-state index contributed by atoms with van der Waals surface area (Å²) in [5.74, 6) is 4.48. The van der Waals surface area contributed by atoms with E-state index in [-0.39, 0.29) is 0 Å². The summed E-state index contributed by atoms with van der Waals surface area (Å²) in [4.78, 5) is 15.9. The van der Waals surface area contributed by atoms with Crippen LogP contribution in [0.15, 0.2) is 6.20 Å². The van der Waals surface area contributed by atoms with Gasteiger partial charge in [0.25, 0.3) is 0 Å². The second-order valence-corrected chi connectivity index (χ2v) is 3.48. The molecule has 13 heavy (non-hydrogen) atoms. The molecule has 0 unspecified atom stereocenters. The Kier molecular flexibility index (Phi) is 3.47. The molecule has 0 aromatic carbocycles. The van der Waals surface area contributed by atoms with Crippen LogP contribution in [0.2, 0.25) is 0 Å². The Hall–Kier alpha value is -1.34. The minimum absolute atomic E-state index is 0.352. The van der Waals surface area contributed by atoms with Gasteiger partial charge in [-0.15, -0.1) is 11.3 Å². The van der Waals surface area contributed by atoms with Crippen molar-refractivity contribution < 1.29 is 9.53 Å². The normalized spacial score (nSPS) is 8.77. The van der Waals surface area contributed by atoms with Crippen molar-refractivity contribution in [3.05, 3.63) is 16.1 Å². The van der Waals surface area contributed by atoms with Crippen LogP contribution in [0.1, 0.15) is 16.8 Å². The molecule has 0 aliphatic heterocycles. The lowest BCUT2D eigenvalue weighted by Gasteiger charge is -1.89. The Bertz CT molecular complexity index is 359. The largest absolute Gasteiger partial charge is 0.456 e. The van der Waals surface area contributed by atoms with Crippen LogP contribution in [0.25, 0.3) is 0 Å². The van der Waals surface area contributed by atoms with Crippen molar-refractivity contribution in [1.29, 1.82) is 0 Å². The van der Waals surface area contributed by atoms with Gasteiger partial charge in [-0.1, -0.05) is 0 Å². The van der Waals surface area contributed by atoms with E-state index in [1.165, 1.54) is 11.3 Å². The SMILES string of the molecule is CCOC(=O)C#Cc1ncc(C)s1. The molecular formula is C9H9NO2S. The molecule has 68 valence electrons. The van der Waals surface area contributed by atoms with Crippen molar-refractivity contribution in [2.75, 3.05) is 6.61 Å². The Morgan fingerprint density at radius 2 is 2.54 bits per heavy atom. The van der Waals surface area contributed by atoms with E-state index in [2.05, 4.69) is 21.6 Å². The number of esters is 1. The average Bonchev–Trinajstić information content (AvgIpc) is 2.49. The molecular weight excluding hydrogens is 186 g/mol. The zero-order chi connectivity index (χ0) is 9.68. The number of rotatable bonds is 1. The highest BCUT2D eigenvalue weighted by molar-refractivity contribution is 7.12. The van der Waals surface area contributed by atoms with Crippen molar-refractivity contribution in [3.63, 3.8) is 0 Å². The number of thiazole rings is 1. The molecule has 0 atom stereocenters. The Balaban J connectivity index is 2.62. The van der Waals surface area contributed by atoms with Crippen LogP contribution in [0.5, 0.6) is 0 Å². The first-order valence-electron chi connectivity index (χ1n) is 3.83. The first-order valence-corrected chi connectivity index (χ1v) is 4.65. The third kappa shape index (κ3) is 3.26. The molecule has 0 bridgehead atoms. The van der Waals surface area contributed by atoms with Crippen molar-refractivity contribution in [2.24, 2.45) is 0 Å². The monoisotopic (exact) mass is 195 g/mol. The summed E-state index contributed by atoms with van der Waals surface area (Å²) in [6.45, 7) is 4.03. The van der Waals surface area contributed by atoms with Crippen LogP contribution in [0.4, 0.5) is 0 Å². The number of aryl methyl sites for hydroxylation is 1. The quantitative estimate of drug-likeness (QED) is 0.502. The zero-order valence-corrected chi connectivity index (χ0v) is 8.27. The number of nitrogens with zero attached hydrogens (tertiary/aromatic N) is 1. The maximum Gasteiger partial charge on any atom is 0.384 e. The predicted molar refractivity (Wildman–Crippen MR) is 50.4 cm³/mol.